The molecule has 3 nitrogen and oxygen atoms in total. The average Bonchev–Trinajstić information content (AvgIpc) is 2.26. The fourth-order valence-electron chi connectivity index (χ4n) is 1.47. The van der Waals surface area contributed by atoms with Gasteiger partial charge in [-0.25, -0.2) is 4.39 Å². The molecule has 18 heavy (non-hydrogen) atoms. The Morgan fingerprint density at radius 3 is 2.56 bits per heavy atom. The molecule has 3 N–H and O–H groups in total. The monoisotopic (exact) mass is 267 g/mol. The molecule has 0 spiro atoms. The molecule has 0 aliphatic carbocycles. The van der Waals surface area contributed by atoms with Gasteiger partial charge in [0.15, 0.2) is 0 Å². The Kier molecular flexibility index (Phi) is 4.92. The van der Waals surface area contributed by atoms with Gasteiger partial charge in [0.1, 0.15) is 11.6 Å². The molecule has 0 radical (unpaired) electrons. The van der Waals surface area contributed by atoms with E-state index in [1.807, 2.05) is 0 Å². The molecule has 0 aromatic heterocycles. The summed E-state index contributed by atoms with van der Waals surface area (Å²) in [6.07, 6.45) is -4.22. The summed E-state index contributed by atoms with van der Waals surface area (Å²) in [5.41, 5.74) is 5.56. The third kappa shape index (κ3) is 4.50. The van der Waals surface area contributed by atoms with Crippen molar-refractivity contribution >= 4 is 0 Å². The molecule has 0 aliphatic rings. The van der Waals surface area contributed by atoms with E-state index in [9.17, 15) is 17.6 Å². The fourth-order valence-corrected chi connectivity index (χ4v) is 1.47. The minimum absolute atomic E-state index is 0.0646. The van der Waals surface area contributed by atoms with Crippen molar-refractivity contribution in [2.24, 2.45) is 5.73 Å². The normalized spacial score (nSPS) is 13.4. The first-order valence-corrected chi connectivity index (χ1v) is 5.25. The lowest BCUT2D eigenvalue weighted by Gasteiger charge is -2.15. The van der Waals surface area contributed by atoms with Gasteiger partial charge in [0.25, 0.3) is 0 Å². The first-order chi connectivity index (χ1) is 8.33. The van der Waals surface area contributed by atoms with E-state index in [-0.39, 0.29) is 18.6 Å². The lowest BCUT2D eigenvalue weighted by Crippen LogP contribution is -2.18. The van der Waals surface area contributed by atoms with Crippen LogP contribution in [-0.4, -0.2) is 18.1 Å². The number of nitrogens with two attached hydrogens (primary N) is 1. The molecule has 7 heteroatoms. The number of halogens is 4. The van der Waals surface area contributed by atoms with E-state index in [1.165, 1.54) is 0 Å². The van der Waals surface area contributed by atoms with Crippen LogP contribution in [0.15, 0.2) is 18.2 Å². The zero-order chi connectivity index (χ0) is 13.8. The quantitative estimate of drug-likeness (QED) is 0.806. The SMILES string of the molecule is N[C@H](CCCO)c1cc(OC(F)(F)F)ccc1F. The zero-order valence-electron chi connectivity index (χ0n) is 9.38. The van der Waals surface area contributed by atoms with Crippen LogP contribution in [0, 0.1) is 5.82 Å². The molecule has 0 saturated carbocycles. The lowest BCUT2D eigenvalue weighted by atomic mass is 10.0. The van der Waals surface area contributed by atoms with Crippen LogP contribution >= 0.6 is 0 Å². The molecule has 0 amide bonds. The summed E-state index contributed by atoms with van der Waals surface area (Å²) >= 11 is 0. The maximum absolute atomic E-state index is 13.4. The highest BCUT2D eigenvalue weighted by Gasteiger charge is 2.31. The van der Waals surface area contributed by atoms with Crippen molar-refractivity contribution < 1.29 is 27.4 Å². The molecule has 0 bridgehead atoms. The van der Waals surface area contributed by atoms with Crippen LogP contribution in [0.25, 0.3) is 0 Å². The predicted molar refractivity (Wildman–Crippen MR) is 56.3 cm³/mol. The van der Waals surface area contributed by atoms with E-state index in [0.29, 0.717) is 6.42 Å². The highest BCUT2D eigenvalue weighted by atomic mass is 19.4. The van der Waals surface area contributed by atoms with Gasteiger partial charge in [0.2, 0.25) is 0 Å². The van der Waals surface area contributed by atoms with E-state index in [4.69, 9.17) is 10.8 Å². The summed E-state index contributed by atoms with van der Waals surface area (Å²) in [5.74, 6) is -1.21. The van der Waals surface area contributed by atoms with Gasteiger partial charge in [0, 0.05) is 18.2 Å². The Morgan fingerprint density at radius 1 is 1.33 bits per heavy atom. The summed E-state index contributed by atoms with van der Waals surface area (Å²) in [6, 6.07) is 1.89. The Bertz CT molecular complexity index is 395. The van der Waals surface area contributed by atoms with Gasteiger partial charge >= 0.3 is 6.36 Å². The molecule has 0 heterocycles. The summed E-state index contributed by atoms with van der Waals surface area (Å²) in [7, 11) is 0. The molecule has 1 atom stereocenters. The van der Waals surface area contributed by atoms with Crippen molar-refractivity contribution in [3.63, 3.8) is 0 Å². The fraction of sp³-hybridized carbons (Fsp3) is 0.455. The Hall–Kier alpha value is -1.34. The summed E-state index contributed by atoms with van der Waals surface area (Å²) in [4.78, 5) is 0. The van der Waals surface area contributed by atoms with Crippen molar-refractivity contribution in [3.05, 3.63) is 29.6 Å². The molecule has 0 fully saturated rings. The first kappa shape index (κ1) is 14.7. The molecule has 0 aliphatic heterocycles. The van der Waals surface area contributed by atoms with Gasteiger partial charge in [0.05, 0.1) is 0 Å². The van der Waals surface area contributed by atoms with E-state index in [0.717, 1.165) is 18.2 Å². The van der Waals surface area contributed by atoms with Gasteiger partial charge in [-0.2, -0.15) is 0 Å². The standard InChI is InChI=1S/C11H13F4NO2/c12-9-4-3-7(18-11(13,14)15)6-8(9)10(16)2-1-5-17/h3-4,6,10,17H,1-2,5,16H2/t10-/m1/s1. The number of rotatable bonds is 5. The predicted octanol–water partition coefficient (Wildman–Crippen LogP) is 2.50. The van der Waals surface area contributed by atoms with Crippen LogP contribution in [0.4, 0.5) is 17.6 Å². The topological polar surface area (TPSA) is 55.5 Å². The van der Waals surface area contributed by atoms with E-state index >= 15 is 0 Å². The number of hydrogen-bond donors (Lipinski definition) is 2. The average molecular weight is 267 g/mol. The minimum Gasteiger partial charge on any atom is -0.406 e. The second-order valence-electron chi connectivity index (χ2n) is 3.70. The second kappa shape index (κ2) is 6.01. The van der Waals surface area contributed by atoms with Crippen molar-refractivity contribution in [3.8, 4) is 5.75 Å². The second-order valence-corrected chi connectivity index (χ2v) is 3.70. The molecule has 0 unspecified atom stereocenters. The third-order valence-corrected chi connectivity index (χ3v) is 2.27. The van der Waals surface area contributed by atoms with E-state index in [2.05, 4.69) is 4.74 Å². The van der Waals surface area contributed by atoms with Gasteiger partial charge in [-0.1, -0.05) is 0 Å². The molecular formula is C11H13F4NO2. The lowest BCUT2D eigenvalue weighted by molar-refractivity contribution is -0.274. The van der Waals surface area contributed by atoms with Crippen LogP contribution in [-0.2, 0) is 0 Å². The van der Waals surface area contributed by atoms with Crippen LogP contribution < -0.4 is 10.5 Å². The molecule has 102 valence electrons. The number of alkyl halides is 3. The number of aliphatic hydroxyl groups excluding tert-OH is 1. The maximum Gasteiger partial charge on any atom is 0.573 e. The number of aliphatic hydroxyl groups is 1. The third-order valence-electron chi connectivity index (χ3n) is 2.27. The first-order valence-electron chi connectivity index (χ1n) is 5.25. The maximum atomic E-state index is 13.4. The van der Waals surface area contributed by atoms with Crippen LogP contribution in [0.1, 0.15) is 24.4 Å². The van der Waals surface area contributed by atoms with Gasteiger partial charge in [-0.3, -0.25) is 0 Å². The number of ether oxygens (including phenoxy) is 1. The molecule has 0 saturated heterocycles. The number of hydrogen-bond acceptors (Lipinski definition) is 3. The van der Waals surface area contributed by atoms with Gasteiger partial charge in [-0.05, 0) is 31.0 Å². The Morgan fingerprint density at radius 2 is 2.00 bits per heavy atom. The van der Waals surface area contributed by atoms with Gasteiger partial charge < -0.3 is 15.6 Å². The smallest absolute Gasteiger partial charge is 0.406 e. The van der Waals surface area contributed by atoms with Crippen LogP contribution in [0.2, 0.25) is 0 Å². The Labute approximate surface area is 101 Å². The summed E-state index contributed by atoms with van der Waals surface area (Å²) in [5, 5.41) is 8.62. The molecule has 1 rings (SSSR count). The van der Waals surface area contributed by atoms with Crippen LogP contribution in [0.3, 0.4) is 0 Å². The molecule has 1 aromatic carbocycles. The van der Waals surface area contributed by atoms with Gasteiger partial charge in [-0.15, -0.1) is 13.2 Å². The van der Waals surface area contributed by atoms with Crippen molar-refractivity contribution in [1.82, 2.24) is 0 Å². The highest BCUT2D eigenvalue weighted by molar-refractivity contribution is 5.32. The highest BCUT2D eigenvalue weighted by Crippen LogP contribution is 2.28. The zero-order valence-corrected chi connectivity index (χ0v) is 9.38. The van der Waals surface area contributed by atoms with Crippen molar-refractivity contribution in [2.45, 2.75) is 25.2 Å². The Balaban J connectivity index is 2.87. The summed E-state index contributed by atoms with van der Waals surface area (Å²) in [6.45, 7) is -0.117. The van der Waals surface area contributed by atoms with Crippen molar-refractivity contribution in [2.75, 3.05) is 6.61 Å². The summed E-state index contributed by atoms with van der Waals surface area (Å²) < 4.78 is 53.1. The largest absolute Gasteiger partial charge is 0.573 e. The minimum atomic E-state index is -4.83. The van der Waals surface area contributed by atoms with Crippen molar-refractivity contribution in [1.29, 1.82) is 0 Å². The van der Waals surface area contributed by atoms with E-state index < -0.39 is 24.0 Å². The molecular weight excluding hydrogens is 254 g/mol. The van der Waals surface area contributed by atoms with E-state index in [1.54, 1.807) is 0 Å². The molecule has 1 aromatic rings. The van der Waals surface area contributed by atoms with Crippen LogP contribution in [0.5, 0.6) is 5.75 Å². The number of benzene rings is 1.